The van der Waals surface area contributed by atoms with Crippen molar-refractivity contribution in [3.05, 3.63) is 89.3 Å². The van der Waals surface area contributed by atoms with Crippen molar-refractivity contribution in [3.8, 4) is 0 Å². The number of carboxylic acids is 1. The summed E-state index contributed by atoms with van der Waals surface area (Å²) in [6, 6.07) is 10.3. The number of carbonyl (C=O) groups excluding carboxylic acids is 1. The summed E-state index contributed by atoms with van der Waals surface area (Å²) in [7, 11) is 0. The second kappa shape index (κ2) is 7.19. The van der Waals surface area contributed by atoms with E-state index < -0.39 is 29.6 Å². The number of amides is 1. The number of hydrogen-bond acceptors (Lipinski definition) is 4. The molecular weight excluding hydrogens is 382 g/mol. The van der Waals surface area contributed by atoms with Crippen molar-refractivity contribution in [2.75, 3.05) is 10.6 Å². The minimum atomic E-state index is -1.22. The lowest BCUT2D eigenvalue weighted by atomic mass is 10.0. The summed E-state index contributed by atoms with van der Waals surface area (Å²) < 4.78 is 28.1. The zero-order chi connectivity index (χ0) is 20.5. The molecule has 146 valence electrons. The number of hydrogen-bond donors (Lipinski definition) is 3. The highest BCUT2D eigenvalue weighted by Crippen LogP contribution is 2.32. The molecule has 0 unspecified atom stereocenters. The highest BCUT2D eigenvalue weighted by Gasteiger charge is 2.29. The Kier molecular flexibility index (Phi) is 4.55. The molecule has 3 aromatic rings. The summed E-state index contributed by atoms with van der Waals surface area (Å²) in [5, 5.41) is 18.9. The Labute approximate surface area is 163 Å². The Morgan fingerprint density at radius 3 is 2.55 bits per heavy atom. The van der Waals surface area contributed by atoms with Gasteiger partial charge in [-0.25, -0.2) is 18.3 Å². The van der Waals surface area contributed by atoms with Crippen LogP contribution in [0.5, 0.6) is 0 Å². The fraction of sp³-hybridized carbons (Fsp3) is 0.0500. The smallest absolute Gasteiger partial charge is 0.352 e. The zero-order valence-corrected chi connectivity index (χ0v) is 14.8. The first-order chi connectivity index (χ1) is 13.9. The molecule has 0 fully saturated rings. The van der Waals surface area contributed by atoms with Crippen LogP contribution in [0.4, 0.5) is 20.3 Å². The van der Waals surface area contributed by atoms with Crippen molar-refractivity contribution >= 4 is 23.4 Å². The first-order valence-corrected chi connectivity index (χ1v) is 8.54. The van der Waals surface area contributed by atoms with Crippen molar-refractivity contribution in [2.45, 2.75) is 6.04 Å². The number of nitrogens with one attached hydrogen (secondary N) is 2. The fourth-order valence-corrected chi connectivity index (χ4v) is 3.05. The Hall–Kier alpha value is -4.01. The Morgan fingerprint density at radius 1 is 1.10 bits per heavy atom. The van der Waals surface area contributed by atoms with Gasteiger partial charge in [-0.15, -0.1) is 0 Å². The Bertz CT molecular complexity index is 1140. The first-order valence-electron chi connectivity index (χ1n) is 8.54. The molecule has 1 aliphatic heterocycles. The molecule has 4 rings (SSSR count). The molecule has 9 heteroatoms. The molecule has 0 spiro atoms. The number of aromatic nitrogens is 2. The SMILES string of the molecule is O=C(O)C1=C[C@H](c2ccc(F)cc2)n2ncc(C(=O)Nc3cccc(F)c3)c2N1. The van der Waals surface area contributed by atoms with Crippen LogP contribution in [-0.2, 0) is 4.79 Å². The first kappa shape index (κ1) is 18.4. The summed E-state index contributed by atoms with van der Waals surface area (Å²) in [4.78, 5) is 24.2. The van der Waals surface area contributed by atoms with Gasteiger partial charge in [0.1, 0.15) is 28.7 Å². The largest absolute Gasteiger partial charge is 0.477 e. The quantitative estimate of drug-likeness (QED) is 0.628. The van der Waals surface area contributed by atoms with Crippen LogP contribution in [0.25, 0.3) is 0 Å². The number of nitrogens with zero attached hydrogens (tertiary/aromatic N) is 2. The second-order valence-electron chi connectivity index (χ2n) is 6.32. The number of carboxylic acid groups (broad SMARTS) is 1. The van der Waals surface area contributed by atoms with Gasteiger partial charge in [-0.1, -0.05) is 18.2 Å². The molecule has 2 heterocycles. The second-order valence-corrected chi connectivity index (χ2v) is 6.32. The number of halogens is 2. The summed E-state index contributed by atoms with van der Waals surface area (Å²) in [5.74, 6) is -2.59. The van der Waals surface area contributed by atoms with E-state index in [0.29, 0.717) is 5.56 Å². The number of rotatable bonds is 4. The molecule has 1 amide bonds. The van der Waals surface area contributed by atoms with Crippen LogP contribution in [0, 0.1) is 11.6 Å². The van der Waals surface area contributed by atoms with Gasteiger partial charge in [-0.2, -0.15) is 5.10 Å². The van der Waals surface area contributed by atoms with E-state index in [4.69, 9.17) is 0 Å². The lowest BCUT2D eigenvalue weighted by molar-refractivity contribution is -0.132. The van der Waals surface area contributed by atoms with Crippen LogP contribution in [0.15, 0.2) is 66.5 Å². The van der Waals surface area contributed by atoms with Crippen molar-refractivity contribution < 1.29 is 23.5 Å². The topological polar surface area (TPSA) is 96.2 Å². The van der Waals surface area contributed by atoms with Gasteiger partial charge in [0.2, 0.25) is 0 Å². The van der Waals surface area contributed by atoms with Crippen LogP contribution >= 0.6 is 0 Å². The molecule has 0 saturated carbocycles. The van der Waals surface area contributed by atoms with E-state index in [1.54, 1.807) is 0 Å². The van der Waals surface area contributed by atoms with Crippen LogP contribution in [0.1, 0.15) is 22.0 Å². The van der Waals surface area contributed by atoms with Gasteiger partial charge >= 0.3 is 5.97 Å². The number of allylic oxidation sites excluding steroid dienone is 1. The molecular formula is C20H14F2N4O3. The molecule has 1 aromatic heterocycles. The van der Waals surface area contributed by atoms with Gasteiger partial charge in [0.25, 0.3) is 5.91 Å². The lowest BCUT2D eigenvalue weighted by Gasteiger charge is -2.24. The molecule has 0 bridgehead atoms. The van der Waals surface area contributed by atoms with E-state index >= 15 is 0 Å². The van der Waals surface area contributed by atoms with Crippen LogP contribution in [-0.4, -0.2) is 26.8 Å². The van der Waals surface area contributed by atoms with E-state index in [2.05, 4.69) is 15.7 Å². The third-order valence-electron chi connectivity index (χ3n) is 4.41. The summed E-state index contributed by atoms with van der Waals surface area (Å²) in [5.41, 5.74) is 0.767. The maximum absolute atomic E-state index is 13.4. The molecule has 0 aliphatic carbocycles. The van der Waals surface area contributed by atoms with E-state index in [1.807, 2.05) is 0 Å². The number of benzene rings is 2. The van der Waals surface area contributed by atoms with Gasteiger partial charge in [-0.05, 0) is 42.0 Å². The van der Waals surface area contributed by atoms with Gasteiger partial charge < -0.3 is 15.7 Å². The minimum Gasteiger partial charge on any atom is -0.477 e. The summed E-state index contributed by atoms with van der Waals surface area (Å²) in [6.07, 6.45) is 2.70. The molecule has 29 heavy (non-hydrogen) atoms. The monoisotopic (exact) mass is 396 g/mol. The standard InChI is InChI=1S/C20H14F2N4O3/c21-12-6-4-11(5-7-12)17-9-16(20(28)29)25-18-15(10-23-26(17)18)19(27)24-14-3-1-2-13(22)8-14/h1-10,17,25H,(H,24,27)(H,28,29)/t17-/m1/s1. The molecule has 2 aromatic carbocycles. The highest BCUT2D eigenvalue weighted by atomic mass is 19.1. The average molecular weight is 396 g/mol. The molecule has 0 saturated heterocycles. The molecule has 3 N–H and O–H groups in total. The predicted octanol–water partition coefficient (Wildman–Crippen LogP) is 3.40. The van der Waals surface area contributed by atoms with E-state index in [0.717, 1.165) is 6.07 Å². The van der Waals surface area contributed by atoms with Crippen LogP contribution in [0.3, 0.4) is 0 Å². The number of fused-ring (bicyclic) bond motifs is 1. The third-order valence-corrected chi connectivity index (χ3v) is 4.41. The molecule has 7 nitrogen and oxygen atoms in total. The Balaban J connectivity index is 1.72. The summed E-state index contributed by atoms with van der Waals surface area (Å²) in [6.45, 7) is 0. The maximum atomic E-state index is 13.4. The number of carbonyl (C=O) groups is 2. The van der Waals surface area contributed by atoms with E-state index in [9.17, 15) is 23.5 Å². The zero-order valence-electron chi connectivity index (χ0n) is 14.8. The minimum absolute atomic E-state index is 0.0771. The summed E-state index contributed by atoms with van der Waals surface area (Å²) >= 11 is 0. The number of aliphatic carboxylic acids is 1. The molecule has 1 atom stereocenters. The van der Waals surface area contributed by atoms with Gasteiger partial charge in [0, 0.05) is 5.69 Å². The molecule has 1 aliphatic rings. The fourth-order valence-electron chi connectivity index (χ4n) is 3.05. The third kappa shape index (κ3) is 3.57. The van der Waals surface area contributed by atoms with Crippen molar-refractivity contribution in [1.29, 1.82) is 0 Å². The number of anilines is 2. The molecule has 0 radical (unpaired) electrons. The van der Waals surface area contributed by atoms with Crippen molar-refractivity contribution in [1.82, 2.24) is 9.78 Å². The predicted molar refractivity (Wildman–Crippen MR) is 100 cm³/mol. The normalized spacial score (nSPS) is 15.1. The average Bonchev–Trinajstić information content (AvgIpc) is 3.12. The van der Waals surface area contributed by atoms with Gasteiger partial charge in [0.15, 0.2) is 0 Å². The van der Waals surface area contributed by atoms with Crippen LogP contribution in [0.2, 0.25) is 0 Å². The highest BCUT2D eigenvalue weighted by molar-refractivity contribution is 6.08. The Morgan fingerprint density at radius 2 is 1.86 bits per heavy atom. The van der Waals surface area contributed by atoms with Crippen molar-refractivity contribution in [3.63, 3.8) is 0 Å². The van der Waals surface area contributed by atoms with Crippen molar-refractivity contribution in [2.24, 2.45) is 0 Å². The van der Waals surface area contributed by atoms with Gasteiger partial charge in [-0.3, -0.25) is 4.79 Å². The lowest BCUT2D eigenvalue weighted by Crippen LogP contribution is -2.25. The van der Waals surface area contributed by atoms with E-state index in [-0.39, 0.29) is 22.8 Å². The van der Waals surface area contributed by atoms with Gasteiger partial charge in [0.05, 0.1) is 12.2 Å². The van der Waals surface area contributed by atoms with E-state index in [1.165, 1.54) is 59.4 Å². The maximum Gasteiger partial charge on any atom is 0.352 e. The van der Waals surface area contributed by atoms with Crippen LogP contribution < -0.4 is 10.6 Å².